The van der Waals surface area contributed by atoms with Crippen molar-refractivity contribution < 1.29 is 14.3 Å². The highest BCUT2D eigenvalue weighted by molar-refractivity contribution is 5.96. The van der Waals surface area contributed by atoms with Crippen LogP contribution in [0.1, 0.15) is 19.4 Å². The Morgan fingerprint density at radius 1 is 0.958 bits per heavy atom. The molecule has 0 aliphatic heterocycles. The van der Waals surface area contributed by atoms with Crippen molar-refractivity contribution in [3.8, 4) is 0 Å². The van der Waals surface area contributed by atoms with Gasteiger partial charge in [0, 0.05) is 5.69 Å². The van der Waals surface area contributed by atoms with E-state index in [2.05, 4.69) is 10.6 Å². The van der Waals surface area contributed by atoms with Gasteiger partial charge >= 0.3 is 6.09 Å². The van der Waals surface area contributed by atoms with E-state index in [1.807, 2.05) is 62.4 Å². The minimum atomic E-state index is -0.673. The summed E-state index contributed by atoms with van der Waals surface area (Å²) < 4.78 is 5.18. The third kappa shape index (κ3) is 5.43. The van der Waals surface area contributed by atoms with Gasteiger partial charge in [-0.25, -0.2) is 4.79 Å². The van der Waals surface area contributed by atoms with E-state index < -0.39 is 12.1 Å². The summed E-state index contributed by atoms with van der Waals surface area (Å²) in [6.07, 6.45) is -0.610. The number of carbonyl (C=O) groups excluding carboxylic acids is 2. The lowest BCUT2D eigenvalue weighted by Crippen LogP contribution is -2.47. The number of alkyl carbamates (subject to hydrolysis) is 1. The Labute approximate surface area is 142 Å². The van der Waals surface area contributed by atoms with Crippen molar-refractivity contribution >= 4 is 17.7 Å². The number of para-hydroxylation sites is 1. The molecule has 2 amide bonds. The fourth-order valence-corrected chi connectivity index (χ4v) is 2.17. The maximum atomic E-state index is 12.4. The van der Waals surface area contributed by atoms with E-state index in [1.165, 1.54) is 0 Å². The second kappa shape index (κ2) is 8.72. The molecule has 0 aliphatic carbocycles. The monoisotopic (exact) mass is 326 g/mol. The smallest absolute Gasteiger partial charge is 0.408 e. The Kier molecular flexibility index (Phi) is 6.37. The molecular weight excluding hydrogens is 304 g/mol. The Morgan fingerprint density at radius 3 is 2.12 bits per heavy atom. The van der Waals surface area contributed by atoms with Gasteiger partial charge < -0.3 is 15.4 Å². The van der Waals surface area contributed by atoms with Gasteiger partial charge in [-0.2, -0.15) is 0 Å². The molecule has 2 N–H and O–H groups in total. The molecule has 1 unspecified atom stereocenters. The normalized spacial score (nSPS) is 11.6. The quantitative estimate of drug-likeness (QED) is 0.852. The number of benzene rings is 2. The first-order valence-electron chi connectivity index (χ1n) is 7.89. The highest BCUT2D eigenvalue weighted by Gasteiger charge is 2.24. The first-order chi connectivity index (χ1) is 11.6. The zero-order valence-corrected chi connectivity index (χ0v) is 13.9. The van der Waals surface area contributed by atoms with E-state index in [0.29, 0.717) is 5.69 Å². The SMILES string of the molecule is CC(C)C(NC(=O)OCc1ccccc1)C(=O)Nc1ccccc1. The number of hydrogen-bond donors (Lipinski definition) is 2. The minimum absolute atomic E-state index is 0.0713. The summed E-state index contributed by atoms with van der Waals surface area (Å²) in [5.41, 5.74) is 1.58. The highest BCUT2D eigenvalue weighted by Crippen LogP contribution is 2.10. The van der Waals surface area contributed by atoms with Crippen molar-refractivity contribution in [2.45, 2.75) is 26.5 Å². The Balaban J connectivity index is 1.90. The topological polar surface area (TPSA) is 67.4 Å². The Hall–Kier alpha value is -2.82. The van der Waals surface area contributed by atoms with Crippen molar-refractivity contribution in [2.75, 3.05) is 5.32 Å². The Morgan fingerprint density at radius 2 is 1.54 bits per heavy atom. The zero-order valence-electron chi connectivity index (χ0n) is 13.9. The van der Waals surface area contributed by atoms with Crippen LogP contribution in [0.2, 0.25) is 0 Å². The number of ether oxygens (including phenoxy) is 1. The van der Waals surface area contributed by atoms with E-state index in [9.17, 15) is 9.59 Å². The highest BCUT2D eigenvalue weighted by atomic mass is 16.5. The molecule has 5 heteroatoms. The molecule has 126 valence electrons. The first-order valence-corrected chi connectivity index (χ1v) is 7.89. The molecule has 2 aromatic carbocycles. The van der Waals surface area contributed by atoms with Crippen molar-refractivity contribution in [1.29, 1.82) is 0 Å². The molecule has 0 heterocycles. The summed E-state index contributed by atoms with van der Waals surface area (Å²) in [5.74, 6) is -0.342. The van der Waals surface area contributed by atoms with Gasteiger partial charge in [-0.1, -0.05) is 62.4 Å². The number of rotatable bonds is 6. The lowest BCUT2D eigenvalue weighted by Gasteiger charge is -2.21. The molecule has 0 bridgehead atoms. The van der Waals surface area contributed by atoms with E-state index in [-0.39, 0.29) is 18.4 Å². The molecule has 0 spiro atoms. The average Bonchev–Trinajstić information content (AvgIpc) is 2.59. The van der Waals surface area contributed by atoms with E-state index in [0.717, 1.165) is 5.56 Å². The lowest BCUT2D eigenvalue weighted by atomic mass is 10.0. The van der Waals surface area contributed by atoms with Crippen LogP contribution in [0.5, 0.6) is 0 Å². The largest absolute Gasteiger partial charge is 0.445 e. The molecule has 0 saturated heterocycles. The maximum Gasteiger partial charge on any atom is 0.408 e. The second-order valence-corrected chi connectivity index (χ2v) is 5.78. The third-order valence-electron chi connectivity index (χ3n) is 3.48. The van der Waals surface area contributed by atoms with Crippen LogP contribution in [0.4, 0.5) is 10.5 Å². The van der Waals surface area contributed by atoms with Gasteiger partial charge in [0.15, 0.2) is 0 Å². The summed E-state index contributed by atoms with van der Waals surface area (Å²) in [6, 6.07) is 17.8. The van der Waals surface area contributed by atoms with Crippen molar-refractivity contribution in [3.63, 3.8) is 0 Å². The van der Waals surface area contributed by atoms with E-state index >= 15 is 0 Å². The minimum Gasteiger partial charge on any atom is -0.445 e. The van der Waals surface area contributed by atoms with Crippen molar-refractivity contribution in [2.24, 2.45) is 5.92 Å². The van der Waals surface area contributed by atoms with Crippen LogP contribution < -0.4 is 10.6 Å². The van der Waals surface area contributed by atoms with Gasteiger partial charge in [-0.3, -0.25) is 4.79 Å². The maximum absolute atomic E-state index is 12.4. The molecule has 5 nitrogen and oxygen atoms in total. The predicted octanol–water partition coefficient (Wildman–Crippen LogP) is 3.58. The first kappa shape index (κ1) is 17.5. The van der Waals surface area contributed by atoms with Crippen LogP contribution in [0, 0.1) is 5.92 Å². The van der Waals surface area contributed by atoms with Crippen LogP contribution in [-0.4, -0.2) is 18.0 Å². The predicted molar refractivity (Wildman–Crippen MR) is 93.5 cm³/mol. The molecule has 24 heavy (non-hydrogen) atoms. The van der Waals surface area contributed by atoms with E-state index in [4.69, 9.17) is 4.74 Å². The van der Waals surface area contributed by atoms with Gasteiger partial charge in [-0.05, 0) is 23.6 Å². The fourth-order valence-electron chi connectivity index (χ4n) is 2.17. The lowest BCUT2D eigenvalue weighted by molar-refractivity contribution is -0.119. The fraction of sp³-hybridized carbons (Fsp3) is 0.263. The van der Waals surface area contributed by atoms with Gasteiger partial charge in [0.05, 0.1) is 0 Å². The summed E-state index contributed by atoms with van der Waals surface area (Å²) >= 11 is 0. The standard InChI is InChI=1S/C19H22N2O3/c1-14(2)17(18(22)20-16-11-7-4-8-12-16)21-19(23)24-13-15-9-5-3-6-10-15/h3-12,14,17H,13H2,1-2H3,(H,20,22)(H,21,23). The van der Waals surface area contributed by atoms with Crippen LogP contribution in [0.25, 0.3) is 0 Å². The molecule has 1 atom stereocenters. The third-order valence-corrected chi connectivity index (χ3v) is 3.48. The molecule has 0 aromatic heterocycles. The second-order valence-electron chi connectivity index (χ2n) is 5.78. The summed E-state index contributed by atoms with van der Waals surface area (Å²) in [6.45, 7) is 3.90. The van der Waals surface area contributed by atoms with Crippen molar-refractivity contribution in [1.82, 2.24) is 5.32 Å². The molecule has 2 rings (SSSR count). The van der Waals surface area contributed by atoms with Crippen LogP contribution in [-0.2, 0) is 16.1 Å². The number of amides is 2. The molecule has 0 aliphatic rings. The van der Waals surface area contributed by atoms with Crippen LogP contribution >= 0.6 is 0 Å². The van der Waals surface area contributed by atoms with Crippen molar-refractivity contribution in [3.05, 3.63) is 66.2 Å². The molecule has 0 fully saturated rings. The van der Waals surface area contributed by atoms with Gasteiger partial charge in [0.1, 0.15) is 12.6 Å². The number of anilines is 1. The molecule has 0 radical (unpaired) electrons. The number of carbonyl (C=O) groups is 2. The Bertz CT molecular complexity index is 657. The van der Waals surface area contributed by atoms with Gasteiger partial charge in [-0.15, -0.1) is 0 Å². The summed E-state index contributed by atoms with van der Waals surface area (Å²) in [7, 11) is 0. The van der Waals surface area contributed by atoms with E-state index in [1.54, 1.807) is 12.1 Å². The van der Waals surface area contributed by atoms with Gasteiger partial charge in [0.25, 0.3) is 0 Å². The summed E-state index contributed by atoms with van der Waals surface area (Å²) in [5, 5.41) is 5.43. The molecule has 0 saturated carbocycles. The molecular formula is C19H22N2O3. The average molecular weight is 326 g/mol. The number of hydrogen-bond acceptors (Lipinski definition) is 3. The molecule has 2 aromatic rings. The van der Waals surface area contributed by atoms with Gasteiger partial charge in [0.2, 0.25) is 5.91 Å². The zero-order chi connectivity index (χ0) is 17.4. The van der Waals surface area contributed by atoms with Crippen LogP contribution in [0.15, 0.2) is 60.7 Å². The number of nitrogens with one attached hydrogen (secondary N) is 2. The summed E-state index contributed by atoms with van der Waals surface area (Å²) in [4.78, 5) is 24.4. The van der Waals surface area contributed by atoms with Crippen LogP contribution in [0.3, 0.4) is 0 Å².